The number of halogens is 3. The van der Waals surface area contributed by atoms with Crippen molar-refractivity contribution in [2.75, 3.05) is 0 Å². The molecule has 0 aromatic heterocycles. The third kappa shape index (κ3) is 2.31. The molecule has 1 unspecified atom stereocenters. The number of Topliss-reactive ketones (excluding diaryl/α,β-unsaturated/α-hetero) is 1. The van der Waals surface area contributed by atoms with Crippen LogP contribution in [0.2, 0.25) is 0 Å². The zero-order valence-electron chi connectivity index (χ0n) is 5.93. The molecule has 1 aromatic rings. The van der Waals surface area contributed by atoms with Crippen molar-refractivity contribution in [3.05, 3.63) is 34.3 Å². The quantitative estimate of drug-likeness (QED) is 0.602. The number of alkyl halides is 2. The summed E-state index contributed by atoms with van der Waals surface area (Å²) in [6.45, 7) is 0. The van der Waals surface area contributed by atoms with E-state index in [0.717, 1.165) is 4.47 Å². The predicted octanol–water partition coefficient (Wildman–Crippen LogP) is 3.59. The van der Waals surface area contributed by atoms with Crippen LogP contribution in [-0.2, 0) is 0 Å². The van der Waals surface area contributed by atoms with Gasteiger partial charge in [0, 0.05) is 10.0 Å². The maximum atomic E-state index is 11.4. The second-order valence-corrected chi connectivity index (χ2v) is 4.88. The first-order valence-electron chi connectivity index (χ1n) is 3.20. The highest BCUT2D eigenvalue weighted by molar-refractivity contribution is 9.10. The molecule has 0 fully saturated rings. The molecule has 0 amide bonds. The van der Waals surface area contributed by atoms with E-state index in [2.05, 4.69) is 31.9 Å². The van der Waals surface area contributed by atoms with Crippen molar-refractivity contribution in [2.24, 2.45) is 0 Å². The Kier molecular flexibility index (Phi) is 3.75. The minimum Gasteiger partial charge on any atom is -0.291 e. The van der Waals surface area contributed by atoms with Crippen molar-refractivity contribution in [3.63, 3.8) is 0 Å². The van der Waals surface area contributed by atoms with Crippen LogP contribution in [0, 0.1) is 0 Å². The SMILES string of the molecule is O=C(c1ccccc1Br)C(Cl)Br. The monoisotopic (exact) mass is 310 g/mol. The van der Waals surface area contributed by atoms with Crippen molar-refractivity contribution in [1.82, 2.24) is 0 Å². The summed E-state index contributed by atoms with van der Waals surface area (Å²) < 4.78 is 0.108. The summed E-state index contributed by atoms with van der Waals surface area (Å²) in [6, 6.07) is 7.17. The van der Waals surface area contributed by atoms with E-state index in [-0.39, 0.29) is 5.78 Å². The molecule has 1 aromatic carbocycles. The maximum absolute atomic E-state index is 11.4. The van der Waals surface area contributed by atoms with Gasteiger partial charge in [0.05, 0.1) is 0 Å². The van der Waals surface area contributed by atoms with E-state index >= 15 is 0 Å². The predicted molar refractivity (Wildman–Crippen MR) is 57.0 cm³/mol. The lowest BCUT2D eigenvalue weighted by Crippen LogP contribution is -2.07. The number of rotatable bonds is 2. The third-order valence-electron chi connectivity index (χ3n) is 1.34. The zero-order chi connectivity index (χ0) is 9.14. The molecule has 12 heavy (non-hydrogen) atoms. The van der Waals surface area contributed by atoms with Crippen LogP contribution in [0.5, 0.6) is 0 Å². The molecule has 1 nitrogen and oxygen atoms in total. The highest BCUT2D eigenvalue weighted by Gasteiger charge is 2.15. The molecular formula is C8H5Br2ClO. The van der Waals surface area contributed by atoms with Gasteiger partial charge in [0.25, 0.3) is 0 Å². The number of hydrogen-bond donors (Lipinski definition) is 0. The zero-order valence-corrected chi connectivity index (χ0v) is 9.86. The Balaban J connectivity index is 3.03. The van der Waals surface area contributed by atoms with E-state index in [0.29, 0.717) is 5.56 Å². The number of hydrogen-bond acceptors (Lipinski definition) is 1. The molecule has 64 valence electrons. The lowest BCUT2D eigenvalue weighted by atomic mass is 10.1. The van der Waals surface area contributed by atoms with E-state index in [1.165, 1.54) is 0 Å². The molecule has 0 aliphatic rings. The maximum Gasteiger partial charge on any atom is 0.192 e. The van der Waals surface area contributed by atoms with Crippen LogP contribution >= 0.6 is 43.5 Å². The largest absolute Gasteiger partial charge is 0.291 e. The van der Waals surface area contributed by atoms with Crippen LogP contribution in [0.4, 0.5) is 0 Å². The number of carbonyl (C=O) groups is 1. The summed E-state index contributed by atoms with van der Waals surface area (Å²) in [5, 5.41) is 0. The van der Waals surface area contributed by atoms with Gasteiger partial charge in [-0.25, -0.2) is 0 Å². The van der Waals surface area contributed by atoms with E-state index in [4.69, 9.17) is 11.6 Å². The van der Waals surface area contributed by atoms with Crippen LogP contribution in [0.25, 0.3) is 0 Å². The van der Waals surface area contributed by atoms with Gasteiger partial charge < -0.3 is 0 Å². The van der Waals surface area contributed by atoms with Crippen molar-refractivity contribution in [3.8, 4) is 0 Å². The second-order valence-electron chi connectivity index (χ2n) is 2.14. The van der Waals surface area contributed by atoms with Crippen LogP contribution in [0.15, 0.2) is 28.7 Å². The highest BCUT2D eigenvalue weighted by atomic mass is 79.9. The molecule has 0 aliphatic carbocycles. The molecule has 1 atom stereocenters. The van der Waals surface area contributed by atoms with Crippen molar-refractivity contribution in [1.29, 1.82) is 0 Å². The normalized spacial score (nSPS) is 12.6. The summed E-state index contributed by atoms with van der Waals surface area (Å²) in [4.78, 5) is 11.4. The van der Waals surface area contributed by atoms with Crippen molar-refractivity contribution < 1.29 is 4.79 Å². The molecule has 0 bridgehead atoms. The number of carbonyl (C=O) groups excluding carboxylic acids is 1. The van der Waals surface area contributed by atoms with Gasteiger partial charge in [0.2, 0.25) is 0 Å². The summed E-state index contributed by atoms with van der Waals surface area (Å²) in [5.74, 6) is -0.135. The minimum atomic E-state index is -0.656. The smallest absolute Gasteiger partial charge is 0.192 e. The Bertz CT molecular complexity index is 299. The molecule has 1 rings (SSSR count). The molecule has 0 aliphatic heterocycles. The summed E-state index contributed by atoms with van der Waals surface area (Å²) in [5.41, 5.74) is 0.592. The molecule has 0 N–H and O–H groups in total. The first-order chi connectivity index (χ1) is 5.63. The fourth-order valence-corrected chi connectivity index (χ4v) is 1.62. The molecular weight excluding hydrogens is 307 g/mol. The molecule has 0 spiro atoms. The van der Waals surface area contributed by atoms with E-state index in [1.54, 1.807) is 18.2 Å². The Morgan fingerprint density at radius 1 is 1.42 bits per heavy atom. The van der Waals surface area contributed by atoms with Crippen molar-refractivity contribution >= 4 is 49.2 Å². The van der Waals surface area contributed by atoms with Gasteiger partial charge in [-0.15, -0.1) is 11.6 Å². The molecule has 0 saturated heterocycles. The average molecular weight is 312 g/mol. The average Bonchev–Trinajstić information content (AvgIpc) is 2.04. The summed E-state index contributed by atoms with van der Waals surface area (Å²) in [6.07, 6.45) is 0. The Labute approximate surface area is 92.4 Å². The Morgan fingerprint density at radius 3 is 2.50 bits per heavy atom. The van der Waals surface area contributed by atoms with Gasteiger partial charge >= 0.3 is 0 Å². The van der Waals surface area contributed by atoms with Crippen molar-refractivity contribution in [2.45, 2.75) is 4.29 Å². The van der Waals surface area contributed by atoms with E-state index < -0.39 is 4.29 Å². The van der Waals surface area contributed by atoms with Crippen LogP contribution < -0.4 is 0 Å². The minimum absolute atomic E-state index is 0.135. The highest BCUT2D eigenvalue weighted by Crippen LogP contribution is 2.21. The van der Waals surface area contributed by atoms with E-state index in [1.807, 2.05) is 6.07 Å². The number of benzene rings is 1. The molecule has 4 heteroatoms. The lowest BCUT2D eigenvalue weighted by Gasteiger charge is -2.02. The number of ketones is 1. The van der Waals surface area contributed by atoms with Crippen LogP contribution in [0.1, 0.15) is 10.4 Å². The van der Waals surface area contributed by atoms with Gasteiger partial charge in [0.1, 0.15) is 0 Å². The van der Waals surface area contributed by atoms with Gasteiger partial charge in [-0.2, -0.15) is 0 Å². The van der Waals surface area contributed by atoms with Gasteiger partial charge in [-0.1, -0.05) is 50.1 Å². The first-order valence-corrected chi connectivity index (χ1v) is 5.34. The van der Waals surface area contributed by atoms with Gasteiger partial charge in [0.15, 0.2) is 10.1 Å². The standard InChI is InChI=1S/C8H5Br2ClO/c9-6-4-2-1-3-5(6)7(12)8(10)11/h1-4,8H. The van der Waals surface area contributed by atoms with Gasteiger partial charge in [-0.05, 0) is 6.07 Å². The molecule has 0 heterocycles. The molecule has 0 radical (unpaired) electrons. The Hall–Kier alpha value is 0.140. The fraction of sp³-hybridized carbons (Fsp3) is 0.125. The summed E-state index contributed by atoms with van der Waals surface area (Å²) in [7, 11) is 0. The third-order valence-corrected chi connectivity index (χ3v) is 2.64. The summed E-state index contributed by atoms with van der Waals surface area (Å²) >= 11 is 11.9. The Morgan fingerprint density at radius 2 is 2.00 bits per heavy atom. The topological polar surface area (TPSA) is 17.1 Å². The van der Waals surface area contributed by atoms with Crippen LogP contribution in [-0.4, -0.2) is 10.1 Å². The van der Waals surface area contributed by atoms with E-state index in [9.17, 15) is 4.79 Å². The van der Waals surface area contributed by atoms with Gasteiger partial charge in [-0.3, -0.25) is 4.79 Å². The fourth-order valence-electron chi connectivity index (χ4n) is 0.779. The first kappa shape index (κ1) is 10.2. The van der Waals surface area contributed by atoms with Crippen LogP contribution in [0.3, 0.4) is 0 Å². The molecule has 0 saturated carbocycles. The second kappa shape index (κ2) is 4.40. The lowest BCUT2D eigenvalue weighted by molar-refractivity contribution is 0.101.